The summed E-state index contributed by atoms with van der Waals surface area (Å²) < 4.78 is 34.8. The van der Waals surface area contributed by atoms with Crippen molar-refractivity contribution >= 4 is 15.9 Å². The molecule has 1 aromatic carbocycles. The molecule has 0 radical (unpaired) electrons. The van der Waals surface area contributed by atoms with E-state index in [1.54, 1.807) is 24.7 Å². The molecular weight excluding hydrogens is 368 g/mol. The van der Waals surface area contributed by atoms with Gasteiger partial charge in [-0.05, 0) is 37.5 Å². The fourth-order valence-corrected chi connectivity index (χ4v) is 3.99. The van der Waals surface area contributed by atoms with Crippen molar-refractivity contribution in [2.75, 3.05) is 19.7 Å². The lowest BCUT2D eigenvalue weighted by atomic mass is 10.2. The van der Waals surface area contributed by atoms with Gasteiger partial charge in [0.25, 0.3) is 5.91 Å². The Morgan fingerprint density at radius 3 is 3.00 bits per heavy atom. The van der Waals surface area contributed by atoms with Gasteiger partial charge in [0.05, 0.1) is 17.3 Å². The minimum atomic E-state index is -3.68. The lowest BCUT2D eigenvalue weighted by molar-refractivity contribution is 0.0952. The molecule has 1 unspecified atom stereocenters. The average Bonchev–Trinajstić information content (AvgIpc) is 3.37. The number of nitrogens with one attached hydrogen (secondary N) is 2. The van der Waals surface area contributed by atoms with E-state index in [9.17, 15) is 13.2 Å². The number of benzene rings is 1. The van der Waals surface area contributed by atoms with Crippen LogP contribution in [0.1, 0.15) is 29.6 Å². The standard InChI is InChI=1S/C18H24N4O4S/c23-18(20-7-3-9-22-10-8-19-14-22)15-4-1-6-17(12-15)27(24,25)21-13-16-5-2-11-26-16/h1,4,6,8,10,12,14,16,21H,2-3,5,7,9,11,13H2,(H,20,23). The maximum absolute atomic E-state index is 12.4. The van der Waals surface area contributed by atoms with Gasteiger partial charge in [0.15, 0.2) is 0 Å². The second kappa shape index (κ2) is 9.12. The van der Waals surface area contributed by atoms with Crippen LogP contribution in [0.2, 0.25) is 0 Å². The highest BCUT2D eigenvalue weighted by atomic mass is 32.2. The number of rotatable bonds is 9. The fourth-order valence-electron chi connectivity index (χ4n) is 2.88. The monoisotopic (exact) mass is 392 g/mol. The number of amides is 1. The molecule has 2 aromatic rings. The van der Waals surface area contributed by atoms with Crippen LogP contribution in [0.3, 0.4) is 0 Å². The largest absolute Gasteiger partial charge is 0.377 e. The van der Waals surface area contributed by atoms with Gasteiger partial charge in [-0.15, -0.1) is 0 Å². The zero-order valence-electron chi connectivity index (χ0n) is 15.0. The maximum Gasteiger partial charge on any atom is 0.251 e. The summed E-state index contributed by atoms with van der Waals surface area (Å²) in [5.74, 6) is -0.295. The number of sulfonamides is 1. The molecule has 0 saturated carbocycles. The molecule has 1 aliphatic rings. The predicted molar refractivity (Wildman–Crippen MR) is 99.8 cm³/mol. The van der Waals surface area contributed by atoms with Gasteiger partial charge in [-0.2, -0.15) is 0 Å². The highest BCUT2D eigenvalue weighted by molar-refractivity contribution is 7.89. The summed E-state index contributed by atoms with van der Waals surface area (Å²) in [6.07, 6.45) is 7.76. The first-order valence-corrected chi connectivity index (χ1v) is 10.5. The molecule has 1 fully saturated rings. The minimum Gasteiger partial charge on any atom is -0.377 e. The van der Waals surface area contributed by atoms with Gasteiger partial charge >= 0.3 is 0 Å². The van der Waals surface area contributed by atoms with Crippen molar-refractivity contribution in [1.29, 1.82) is 0 Å². The van der Waals surface area contributed by atoms with E-state index in [1.165, 1.54) is 12.1 Å². The Bertz CT molecular complexity index is 846. The van der Waals surface area contributed by atoms with E-state index in [0.717, 1.165) is 25.8 Å². The van der Waals surface area contributed by atoms with Gasteiger partial charge in [0.2, 0.25) is 10.0 Å². The van der Waals surface area contributed by atoms with Gasteiger partial charge in [0.1, 0.15) is 0 Å². The van der Waals surface area contributed by atoms with Gasteiger partial charge in [-0.1, -0.05) is 6.07 Å². The number of aromatic nitrogens is 2. The Morgan fingerprint density at radius 2 is 2.26 bits per heavy atom. The Kier molecular flexibility index (Phi) is 6.59. The van der Waals surface area contributed by atoms with E-state index in [-0.39, 0.29) is 23.5 Å². The van der Waals surface area contributed by atoms with E-state index < -0.39 is 10.0 Å². The molecular formula is C18H24N4O4S. The topological polar surface area (TPSA) is 102 Å². The van der Waals surface area contributed by atoms with Crippen LogP contribution in [-0.2, 0) is 21.3 Å². The third-order valence-corrected chi connectivity index (χ3v) is 5.79. The minimum absolute atomic E-state index is 0.0755. The molecule has 146 valence electrons. The quantitative estimate of drug-likeness (QED) is 0.624. The third-order valence-electron chi connectivity index (χ3n) is 4.37. The molecule has 2 N–H and O–H groups in total. The summed E-state index contributed by atoms with van der Waals surface area (Å²) in [6, 6.07) is 6.04. The first-order chi connectivity index (χ1) is 13.0. The number of ether oxygens (including phenoxy) is 1. The maximum atomic E-state index is 12.4. The van der Waals surface area contributed by atoms with Crippen molar-refractivity contribution in [3.63, 3.8) is 0 Å². The molecule has 1 aromatic heterocycles. The van der Waals surface area contributed by atoms with Crippen molar-refractivity contribution in [2.45, 2.75) is 36.8 Å². The Hall–Kier alpha value is -2.23. The SMILES string of the molecule is O=C(NCCCn1ccnc1)c1cccc(S(=O)(=O)NCC2CCCO2)c1. The van der Waals surface area contributed by atoms with E-state index in [0.29, 0.717) is 18.7 Å². The van der Waals surface area contributed by atoms with Crippen molar-refractivity contribution in [3.8, 4) is 0 Å². The Balaban J connectivity index is 1.52. The molecule has 3 rings (SSSR count). The van der Waals surface area contributed by atoms with Crippen molar-refractivity contribution < 1.29 is 17.9 Å². The molecule has 9 heteroatoms. The molecule has 8 nitrogen and oxygen atoms in total. The molecule has 27 heavy (non-hydrogen) atoms. The summed E-state index contributed by atoms with van der Waals surface area (Å²) >= 11 is 0. The highest BCUT2D eigenvalue weighted by Crippen LogP contribution is 2.14. The third kappa shape index (κ3) is 5.62. The van der Waals surface area contributed by atoms with Gasteiger partial charge in [0, 0.05) is 44.2 Å². The van der Waals surface area contributed by atoms with Crippen molar-refractivity contribution in [3.05, 3.63) is 48.5 Å². The Morgan fingerprint density at radius 1 is 1.37 bits per heavy atom. The Labute approximate surface area is 159 Å². The lowest BCUT2D eigenvalue weighted by Gasteiger charge is -2.12. The molecule has 1 saturated heterocycles. The van der Waals surface area contributed by atoms with Crippen LogP contribution >= 0.6 is 0 Å². The fraction of sp³-hybridized carbons (Fsp3) is 0.444. The van der Waals surface area contributed by atoms with Gasteiger partial charge < -0.3 is 14.6 Å². The van der Waals surface area contributed by atoms with Crippen LogP contribution in [0, 0.1) is 0 Å². The molecule has 2 heterocycles. The van der Waals surface area contributed by atoms with Crippen LogP contribution in [0.25, 0.3) is 0 Å². The second-order valence-electron chi connectivity index (χ2n) is 6.42. The number of hydrogen-bond acceptors (Lipinski definition) is 5. The van der Waals surface area contributed by atoms with Gasteiger partial charge in [-0.25, -0.2) is 18.1 Å². The smallest absolute Gasteiger partial charge is 0.251 e. The second-order valence-corrected chi connectivity index (χ2v) is 8.19. The van der Waals surface area contributed by atoms with E-state index in [2.05, 4.69) is 15.0 Å². The molecule has 0 aliphatic carbocycles. The van der Waals surface area contributed by atoms with Gasteiger partial charge in [-0.3, -0.25) is 4.79 Å². The van der Waals surface area contributed by atoms with Crippen molar-refractivity contribution in [1.82, 2.24) is 19.6 Å². The normalized spacial score (nSPS) is 17.1. The number of carbonyl (C=O) groups is 1. The molecule has 0 spiro atoms. The number of nitrogens with zero attached hydrogens (tertiary/aromatic N) is 2. The number of aryl methyl sites for hydroxylation is 1. The van der Waals surface area contributed by atoms with E-state index in [4.69, 9.17) is 4.74 Å². The van der Waals surface area contributed by atoms with Crippen LogP contribution < -0.4 is 10.0 Å². The number of imidazole rings is 1. The van der Waals surface area contributed by atoms with E-state index in [1.807, 2.05) is 10.8 Å². The summed E-state index contributed by atoms with van der Waals surface area (Å²) in [7, 11) is -3.68. The molecule has 0 bridgehead atoms. The highest BCUT2D eigenvalue weighted by Gasteiger charge is 2.21. The van der Waals surface area contributed by atoms with Crippen LogP contribution in [0.15, 0.2) is 47.9 Å². The van der Waals surface area contributed by atoms with Crippen LogP contribution in [-0.4, -0.2) is 49.7 Å². The summed E-state index contributed by atoms with van der Waals surface area (Å²) in [5, 5.41) is 2.81. The average molecular weight is 392 g/mol. The lowest BCUT2D eigenvalue weighted by Crippen LogP contribution is -2.32. The first-order valence-electron chi connectivity index (χ1n) is 9.00. The van der Waals surface area contributed by atoms with Crippen LogP contribution in [0.5, 0.6) is 0 Å². The van der Waals surface area contributed by atoms with Crippen molar-refractivity contribution in [2.24, 2.45) is 0 Å². The predicted octanol–water partition coefficient (Wildman–Crippen LogP) is 1.16. The number of hydrogen-bond donors (Lipinski definition) is 2. The molecule has 1 amide bonds. The summed E-state index contributed by atoms with van der Waals surface area (Å²) in [6.45, 7) is 2.16. The zero-order valence-corrected chi connectivity index (χ0v) is 15.8. The van der Waals surface area contributed by atoms with E-state index >= 15 is 0 Å². The zero-order chi connectivity index (χ0) is 19.1. The summed E-state index contributed by atoms with van der Waals surface area (Å²) in [4.78, 5) is 16.3. The molecule has 1 atom stereocenters. The van der Waals surface area contributed by atoms with Crippen LogP contribution in [0.4, 0.5) is 0 Å². The number of carbonyl (C=O) groups excluding carboxylic acids is 1. The first kappa shape index (κ1) is 19.5. The molecule has 1 aliphatic heterocycles. The summed E-state index contributed by atoms with van der Waals surface area (Å²) in [5.41, 5.74) is 0.317.